The Balaban J connectivity index is 2.43. The van der Waals surface area contributed by atoms with Gasteiger partial charge in [0, 0.05) is 0 Å². The first-order chi connectivity index (χ1) is 7.74. The second-order valence-corrected chi connectivity index (χ2v) is 3.64. The van der Waals surface area contributed by atoms with Gasteiger partial charge < -0.3 is 4.74 Å². The highest BCUT2D eigenvalue weighted by atomic mass is 16.5. The van der Waals surface area contributed by atoms with E-state index in [0.29, 0.717) is 18.9 Å². The van der Waals surface area contributed by atoms with E-state index in [1.54, 1.807) is 0 Å². The zero-order valence-electron chi connectivity index (χ0n) is 9.85. The van der Waals surface area contributed by atoms with E-state index in [1.807, 2.05) is 37.3 Å². The van der Waals surface area contributed by atoms with E-state index in [2.05, 4.69) is 19.1 Å². The largest absolute Gasteiger partial charge is 0.466 e. The van der Waals surface area contributed by atoms with Gasteiger partial charge in [0.1, 0.15) is 0 Å². The van der Waals surface area contributed by atoms with Crippen LogP contribution in [0, 0.1) is 0 Å². The van der Waals surface area contributed by atoms with Gasteiger partial charge in [-0.15, -0.1) is 0 Å². The van der Waals surface area contributed by atoms with Crippen LogP contribution in [0.2, 0.25) is 0 Å². The van der Waals surface area contributed by atoms with Crippen LogP contribution in [0.4, 0.5) is 0 Å². The number of hydrogen-bond donors (Lipinski definition) is 0. The van der Waals surface area contributed by atoms with Crippen molar-refractivity contribution in [3.63, 3.8) is 0 Å². The van der Waals surface area contributed by atoms with E-state index in [1.165, 1.54) is 5.56 Å². The van der Waals surface area contributed by atoms with E-state index in [9.17, 15) is 4.79 Å². The van der Waals surface area contributed by atoms with Crippen molar-refractivity contribution in [3.8, 4) is 0 Å². The van der Waals surface area contributed by atoms with Crippen LogP contribution < -0.4 is 0 Å². The molecule has 0 saturated carbocycles. The topological polar surface area (TPSA) is 26.3 Å². The minimum atomic E-state index is -0.168. The summed E-state index contributed by atoms with van der Waals surface area (Å²) in [4.78, 5) is 11.1. The molecule has 0 heterocycles. The first-order valence-electron chi connectivity index (χ1n) is 5.61. The second-order valence-electron chi connectivity index (χ2n) is 3.64. The van der Waals surface area contributed by atoms with Crippen LogP contribution in [0.5, 0.6) is 0 Å². The number of allylic oxidation sites excluding steroid dienone is 1. The smallest absolute Gasteiger partial charge is 0.309 e. The first-order valence-corrected chi connectivity index (χ1v) is 5.61. The molecule has 2 heteroatoms. The highest BCUT2D eigenvalue weighted by molar-refractivity contribution is 5.71. The minimum Gasteiger partial charge on any atom is -0.466 e. The quantitative estimate of drug-likeness (QED) is 0.560. The standard InChI is InChI=1S/C14H18O2/c1-3-16-14(15)11-7-8-12(2)13-9-5-4-6-10-13/h4-10,12H,3,11H2,1-2H3. The lowest BCUT2D eigenvalue weighted by Gasteiger charge is -2.05. The van der Waals surface area contributed by atoms with Crippen molar-refractivity contribution in [1.82, 2.24) is 0 Å². The SMILES string of the molecule is CCOC(=O)CC=CC(C)c1ccccc1. The van der Waals surface area contributed by atoms with E-state index in [-0.39, 0.29) is 5.97 Å². The number of ether oxygens (including phenoxy) is 1. The number of esters is 1. The molecule has 0 aromatic heterocycles. The molecule has 1 rings (SSSR count). The Morgan fingerprint density at radius 2 is 2.06 bits per heavy atom. The molecule has 0 spiro atoms. The maximum absolute atomic E-state index is 11.1. The predicted octanol–water partition coefficient (Wildman–Crippen LogP) is 3.30. The number of benzene rings is 1. The number of carbonyl (C=O) groups is 1. The maximum atomic E-state index is 11.1. The summed E-state index contributed by atoms with van der Waals surface area (Å²) in [5.74, 6) is 0.162. The molecule has 16 heavy (non-hydrogen) atoms. The Bertz CT molecular complexity index is 341. The van der Waals surface area contributed by atoms with Gasteiger partial charge in [-0.05, 0) is 18.4 Å². The van der Waals surface area contributed by atoms with Gasteiger partial charge in [0.05, 0.1) is 13.0 Å². The second kappa shape index (κ2) is 6.83. The third-order valence-corrected chi connectivity index (χ3v) is 2.34. The van der Waals surface area contributed by atoms with Crippen molar-refractivity contribution >= 4 is 5.97 Å². The molecule has 0 aliphatic rings. The lowest BCUT2D eigenvalue weighted by Crippen LogP contribution is -2.01. The summed E-state index contributed by atoms with van der Waals surface area (Å²) in [7, 11) is 0. The van der Waals surface area contributed by atoms with Crippen LogP contribution in [-0.2, 0) is 9.53 Å². The minimum absolute atomic E-state index is 0.168. The Kier molecular flexibility index (Phi) is 5.34. The molecule has 0 amide bonds. The molecule has 1 unspecified atom stereocenters. The van der Waals surface area contributed by atoms with E-state index in [0.717, 1.165) is 0 Å². The molecule has 1 aromatic rings. The van der Waals surface area contributed by atoms with Crippen LogP contribution in [0.3, 0.4) is 0 Å². The molecule has 0 radical (unpaired) electrons. The lowest BCUT2D eigenvalue weighted by atomic mass is 10.0. The third-order valence-electron chi connectivity index (χ3n) is 2.34. The molecule has 1 aromatic carbocycles. The van der Waals surface area contributed by atoms with Crippen LogP contribution in [0.15, 0.2) is 42.5 Å². The summed E-state index contributed by atoms with van der Waals surface area (Å²) < 4.78 is 4.84. The van der Waals surface area contributed by atoms with Crippen LogP contribution in [0.25, 0.3) is 0 Å². The fraction of sp³-hybridized carbons (Fsp3) is 0.357. The van der Waals surface area contributed by atoms with Crippen LogP contribution in [0.1, 0.15) is 31.7 Å². The third kappa shape index (κ3) is 4.30. The summed E-state index contributed by atoms with van der Waals surface area (Å²) in [6.45, 7) is 4.37. The van der Waals surface area contributed by atoms with Crippen molar-refractivity contribution in [2.45, 2.75) is 26.2 Å². The van der Waals surface area contributed by atoms with E-state index >= 15 is 0 Å². The molecule has 0 N–H and O–H groups in total. The highest BCUT2D eigenvalue weighted by Gasteiger charge is 2.01. The summed E-state index contributed by atoms with van der Waals surface area (Å²) in [6.07, 6.45) is 4.26. The van der Waals surface area contributed by atoms with Crippen molar-refractivity contribution < 1.29 is 9.53 Å². The Morgan fingerprint density at radius 3 is 2.69 bits per heavy atom. The normalized spacial score (nSPS) is 12.6. The molecule has 1 atom stereocenters. The summed E-state index contributed by atoms with van der Waals surface area (Å²) in [5, 5.41) is 0. The number of rotatable bonds is 5. The van der Waals surface area contributed by atoms with Gasteiger partial charge >= 0.3 is 5.97 Å². The Hall–Kier alpha value is -1.57. The molecular weight excluding hydrogens is 200 g/mol. The number of hydrogen-bond acceptors (Lipinski definition) is 2. The molecule has 2 nitrogen and oxygen atoms in total. The molecular formula is C14H18O2. The van der Waals surface area contributed by atoms with Crippen LogP contribution >= 0.6 is 0 Å². The average Bonchev–Trinajstić information content (AvgIpc) is 2.30. The number of carbonyl (C=O) groups excluding carboxylic acids is 1. The molecule has 0 bridgehead atoms. The first kappa shape index (κ1) is 12.5. The van der Waals surface area contributed by atoms with Gasteiger partial charge in [-0.25, -0.2) is 0 Å². The fourth-order valence-corrected chi connectivity index (χ4v) is 1.46. The summed E-state index contributed by atoms with van der Waals surface area (Å²) >= 11 is 0. The summed E-state index contributed by atoms with van der Waals surface area (Å²) in [6, 6.07) is 10.2. The molecule has 0 fully saturated rings. The van der Waals surface area contributed by atoms with E-state index in [4.69, 9.17) is 4.74 Å². The van der Waals surface area contributed by atoms with Gasteiger partial charge in [-0.2, -0.15) is 0 Å². The molecule has 0 aliphatic carbocycles. The monoisotopic (exact) mass is 218 g/mol. The molecule has 0 saturated heterocycles. The molecule has 86 valence electrons. The fourth-order valence-electron chi connectivity index (χ4n) is 1.46. The average molecular weight is 218 g/mol. The van der Waals surface area contributed by atoms with Crippen molar-refractivity contribution in [2.75, 3.05) is 6.61 Å². The Labute approximate surface area is 96.9 Å². The van der Waals surface area contributed by atoms with Gasteiger partial charge in [-0.1, -0.05) is 49.4 Å². The van der Waals surface area contributed by atoms with Gasteiger partial charge in [0.15, 0.2) is 0 Å². The maximum Gasteiger partial charge on any atom is 0.309 e. The van der Waals surface area contributed by atoms with Gasteiger partial charge in [-0.3, -0.25) is 4.79 Å². The zero-order chi connectivity index (χ0) is 11.8. The Morgan fingerprint density at radius 1 is 1.38 bits per heavy atom. The lowest BCUT2D eigenvalue weighted by molar-refractivity contribution is -0.142. The molecule has 0 aliphatic heterocycles. The van der Waals surface area contributed by atoms with E-state index < -0.39 is 0 Å². The van der Waals surface area contributed by atoms with Crippen molar-refractivity contribution in [1.29, 1.82) is 0 Å². The van der Waals surface area contributed by atoms with Crippen molar-refractivity contribution in [3.05, 3.63) is 48.0 Å². The van der Waals surface area contributed by atoms with Gasteiger partial charge in [0.25, 0.3) is 0 Å². The summed E-state index contributed by atoms with van der Waals surface area (Å²) in [5.41, 5.74) is 1.25. The van der Waals surface area contributed by atoms with Gasteiger partial charge in [0.2, 0.25) is 0 Å². The van der Waals surface area contributed by atoms with Crippen molar-refractivity contribution in [2.24, 2.45) is 0 Å². The predicted molar refractivity (Wildman–Crippen MR) is 65.2 cm³/mol. The zero-order valence-corrected chi connectivity index (χ0v) is 9.85. The highest BCUT2D eigenvalue weighted by Crippen LogP contribution is 2.15. The van der Waals surface area contributed by atoms with Crippen LogP contribution in [-0.4, -0.2) is 12.6 Å².